The van der Waals surface area contributed by atoms with Crippen LogP contribution in [-0.2, 0) is 49.4 Å². The predicted octanol–water partition coefficient (Wildman–Crippen LogP) is 20.5. The zero-order valence-corrected chi connectivity index (χ0v) is 79.3. The molecule has 0 aliphatic heterocycles. The number of carboxylic acid groups (broad SMARTS) is 1. The van der Waals surface area contributed by atoms with Crippen LogP contribution in [0.25, 0.3) is 64.9 Å². The molecule has 19 rings (SSSR count). The van der Waals surface area contributed by atoms with Gasteiger partial charge in [0.1, 0.15) is 51.9 Å². The number of fused-ring (bicyclic) bond motifs is 5. The van der Waals surface area contributed by atoms with Crippen molar-refractivity contribution in [2.24, 2.45) is 38.3 Å². The maximum absolute atomic E-state index is 13.8. The van der Waals surface area contributed by atoms with Crippen molar-refractivity contribution < 1.29 is 99.0 Å². The summed E-state index contributed by atoms with van der Waals surface area (Å²) in [6, 6.07) is 49.1. The normalized spacial score (nSPS) is 22.9. The first kappa shape index (κ1) is 110. The van der Waals surface area contributed by atoms with Crippen LogP contribution in [0.4, 0.5) is 22.0 Å². The first-order chi connectivity index (χ1) is 66.8. The Morgan fingerprint density at radius 1 is 0.504 bits per heavy atom. The Labute approximate surface area is 831 Å². The summed E-state index contributed by atoms with van der Waals surface area (Å²) >= 11 is 5.94. The summed E-state index contributed by atoms with van der Waals surface area (Å²) in [4.78, 5) is 103. The number of allylic oxidation sites excluding steroid dienone is 1. The average molecular weight is 1940 g/mol. The van der Waals surface area contributed by atoms with E-state index < -0.39 is 39.1 Å². The summed E-state index contributed by atoms with van der Waals surface area (Å²) < 4.78 is 82.7. The van der Waals surface area contributed by atoms with E-state index in [1.807, 2.05) is 60.2 Å². The Morgan fingerprint density at radius 2 is 0.801 bits per heavy atom. The molecule has 0 bridgehead atoms. The number of aromatic nitrogens is 5. The molecule has 0 saturated heterocycles. The quantitative estimate of drug-likeness (QED) is 0.00820. The van der Waals surface area contributed by atoms with E-state index in [2.05, 4.69) is 52.5 Å². The summed E-state index contributed by atoms with van der Waals surface area (Å²) in [5.74, 6) is 2.24. The van der Waals surface area contributed by atoms with Crippen molar-refractivity contribution in [1.82, 2.24) is 24.9 Å². The molecule has 33 heteroatoms. The van der Waals surface area contributed by atoms with Crippen molar-refractivity contribution in [3.05, 3.63) is 282 Å². The Bertz CT molecular complexity index is 6660. The van der Waals surface area contributed by atoms with E-state index in [1.165, 1.54) is 42.5 Å². The molecule has 0 radical (unpaired) electrons. The molecule has 8 fully saturated rings. The van der Waals surface area contributed by atoms with Crippen LogP contribution in [-0.4, -0.2) is 109 Å². The first-order valence-corrected chi connectivity index (χ1v) is 46.8. The average Bonchev–Trinajstić information content (AvgIpc) is 1.53. The number of nitro groups is 1. The van der Waals surface area contributed by atoms with E-state index in [0.717, 1.165) is 203 Å². The minimum Gasteiger partial charge on any atom is -0.488 e. The van der Waals surface area contributed by atoms with Crippen molar-refractivity contribution in [3.63, 3.8) is 0 Å². The van der Waals surface area contributed by atoms with Crippen molar-refractivity contribution in [1.29, 1.82) is 21.0 Å². The third kappa shape index (κ3) is 25.1. The molecule has 3 atom stereocenters. The van der Waals surface area contributed by atoms with Gasteiger partial charge in [-0.15, -0.1) is 0 Å². The van der Waals surface area contributed by atoms with E-state index in [9.17, 15) is 76.9 Å². The van der Waals surface area contributed by atoms with E-state index in [4.69, 9.17) is 43.0 Å². The van der Waals surface area contributed by atoms with Gasteiger partial charge in [-0.3, -0.25) is 54.2 Å². The SMILES string of the molecule is C.CCOC(=O)C(C#N)=C1CCC(c2ccnc3ccc(F)cc23)CC1.CCOC(=O)C1(C#N)CC12CCC(c1ccnc3ccc(F)cc13)CC2.C[N+](=O)[O-].N#CC1(C(=O)Cc2ccc(Cl)cc2)CC12CCC(c1ccnc3ccc(F)cc13)CC2.N#CC1(C(=O)O)CC12CCC(c1ccnc3ccc(F)cc13)CC2.N[N-]O.O=C1CCC(c2ccnc3ccc(F)cc23)CC1.[C-]#[N+]CC(=O)OCC.[Li+]. The summed E-state index contributed by atoms with van der Waals surface area (Å²) in [6.45, 7) is 12.2. The summed E-state index contributed by atoms with van der Waals surface area (Å²) in [5, 5.41) is 68.3. The molecule has 11 aromatic rings. The first-order valence-electron chi connectivity index (χ1n) is 46.4. The summed E-state index contributed by atoms with van der Waals surface area (Å²) in [5.41, 5.74) is 9.58. The second-order valence-electron chi connectivity index (χ2n) is 36.4. The molecule has 5 aromatic heterocycles. The third-order valence-electron chi connectivity index (χ3n) is 28.8. The molecule has 728 valence electrons. The fourth-order valence-corrected chi connectivity index (χ4v) is 21.6. The van der Waals surface area contributed by atoms with Gasteiger partial charge in [0.25, 0.3) is 0 Å². The molecule has 4 N–H and O–H groups in total. The van der Waals surface area contributed by atoms with Gasteiger partial charge >= 0.3 is 49.3 Å². The number of pyridine rings is 5. The van der Waals surface area contributed by atoms with Gasteiger partial charge in [0.15, 0.2) is 23.7 Å². The summed E-state index contributed by atoms with van der Waals surface area (Å²) in [6.07, 6.45) is 26.8. The molecule has 0 amide bonds. The second kappa shape index (κ2) is 49.1. The number of ketones is 2. The van der Waals surface area contributed by atoms with Gasteiger partial charge in [-0.1, -0.05) is 31.2 Å². The zero-order valence-electron chi connectivity index (χ0n) is 78.5. The van der Waals surface area contributed by atoms with Gasteiger partial charge in [0.2, 0.25) is 0 Å². The second-order valence-corrected chi connectivity index (χ2v) is 36.8. The number of carboxylic acids is 1. The summed E-state index contributed by atoms with van der Waals surface area (Å²) in [7, 11) is 0.889. The predicted molar refractivity (Wildman–Crippen MR) is 516 cm³/mol. The number of nitrogens with zero attached hydrogens (tertiary/aromatic N) is 12. The number of nitrogens with two attached hydrogens (primary N) is 1. The monoisotopic (exact) mass is 1930 g/mol. The van der Waals surface area contributed by atoms with E-state index in [-0.39, 0.29) is 120 Å². The number of carbonyl (C=O) groups excluding carboxylic acids is 5. The molecule has 26 nitrogen and oxygen atoms in total. The number of carbonyl (C=O) groups is 6. The van der Waals surface area contributed by atoms with Crippen LogP contribution in [0, 0.1) is 124 Å². The molecular formula is C108H110ClF5LiN13O13. The molecule has 3 spiro atoms. The number of hydrogen-bond donors (Lipinski definition) is 3. The minimum absolute atomic E-state index is 0. The number of rotatable bonds is 15. The topological polar surface area (TPSA) is 418 Å². The Kier molecular flexibility index (Phi) is 38.2. The number of ether oxygens (including phenoxy) is 3. The van der Waals surface area contributed by atoms with Crippen molar-refractivity contribution in [3.8, 4) is 24.3 Å². The number of benzene rings is 6. The van der Waals surface area contributed by atoms with E-state index >= 15 is 0 Å². The molecule has 3 unspecified atom stereocenters. The van der Waals surface area contributed by atoms with Gasteiger partial charge in [-0.25, -0.2) is 38.1 Å². The van der Waals surface area contributed by atoms with E-state index in [0.29, 0.717) is 86.7 Å². The van der Waals surface area contributed by atoms with Crippen LogP contribution in [0.3, 0.4) is 0 Å². The molecule has 8 aliphatic carbocycles. The van der Waals surface area contributed by atoms with Crippen molar-refractivity contribution in [2.45, 2.75) is 212 Å². The fraction of sp³-hybridized carbons (Fsp3) is 0.407. The minimum atomic E-state index is -1.19. The van der Waals surface area contributed by atoms with Gasteiger partial charge in [0, 0.05) is 98.0 Å². The third-order valence-corrected chi connectivity index (χ3v) is 29.0. The molecule has 141 heavy (non-hydrogen) atoms. The van der Waals surface area contributed by atoms with Gasteiger partial charge in [0.05, 0.1) is 65.6 Å². The number of nitriles is 4. The van der Waals surface area contributed by atoms with Gasteiger partial charge in [-0.2, -0.15) is 21.0 Å². The van der Waals surface area contributed by atoms with Crippen LogP contribution in [0.2, 0.25) is 5.02 Å². The largest absolute Gasteiger partial charge is 1.00 e. The number of aliphatic carboxylic acids is 1. The molecule has 6 aromatic carbocycles. The molecule has 8 aliphatic rings. The van der Waals surface area contributed by atoms with Gasteiger partial charge < -0.3 is 40.8 Å². The van der Waals surface area contributed by atoms with Crippen molar-refractivity contribution in [2.75, 3.05) is 33.4 Å². The zero-order chi connectivity index (χ0) is 100.0. The Hall–Kier alpha value is -13.4. The van der Waals surface area contributed by atoms with Crippen LogP contribution in [0.1, 0.15) is 239 Å². The van der Waals surface area contributed by atoms with Gasteiger partial charge in [-0.05, 0) is 363 Å². The van der Waals surface area contributed by atoms with Crippen LogP contribution in [0.5, 0.6) is 0 Å². The Morgan fingerprint density at radius 3 is 1.10 bits per heavy atom. The number of halogens is 6. The van der Waals surface area contributed by atoms with Crippen LogP contribution >= 0.6 is 11.6 Å². The maximum Gasteiger partial charge on any atom is 1.00 e. The number of hydrogen-bond acceptors (Lipinski definition) is 22. The molecule has 8 saturated carbocycles. The molecule has 5 heterocycles. The van der Waals surface area contributed by atoms with Crippen molar-refractivity contribution >= 4 is 102 Å². The maximum atomic E-state index is 13.8. The fourth-order valence-electron chi connectivity index (χ4n) is 21.5. The van der Waals surface area contributed by atoms with Crippen LogP contribution < -0.4 is 24.7 Å². The number of esters is 3. The number of Topliss-reactive ketones (excluding diaryl/α,β-unsaturated/α-hetero) is 2. The molecular weight excluding hydrogens is 1820 g/mol. The Balaban J connectivity index is 0.000000175. The van der Waals surface area contributed by atoms with Crippen LogP contribution in [0.15, 0.2) is 188 Å². The van der Waals surface area contributed by atoms with E-state index in [1.54, 1.807) is 112 Å². The smallest absolute Gasteiger partial charge is 0.488 e. The standard InChI is InChI=1S/C26H22ClFN2O.C21H21FN2O2.C20H19FN2O2.C19H17FN2O2.C15H14FNO.C5H7NO2.CH3NO2.CH4.Li.H3N2O/c27-19-3-1-17(2-4-19)13-24(31)26(16-29)15-25(26)10-7-18(8-11-25)21-9-12-30-23-6-5-20(28)14-22(21)23;1-2-26-19(25)21(13-23)12-20(21)8-5-14(6-9-20)16-7-10-24-18-4-3-15(22)11-17(16)18;1-2-25-20(24)18(12-22)14-5-3-13(4-6-14)16-9-10-23-19-8-7-15(21)11-17(16)19;20-13-1-2-16-15(9-13)14(5-8-22-16)12-3-6-18(7-4-12)10-19(18,11-21)17(23)24;16-11-3-6-15-14(9-11)13(7-8-17-15)10-1-4-12(18)5-2-10;1-3-8-5(7)4-6-2;1-2(3)4;;;1-2-3/h1-6,9,12,14,18H,7-8,10-11,13,15H2;3-4,7,10-11,14H,2,5-6,8-9,12H2,1H3;7-11,13H,2-6H2,1H3;1-2,5,8-9,12H,3-4,6-7,10H2,(H,23,24);3,6-10H,1-2,4-5H2;3-4H2,1H3;1H3;1H4;;3H,1H2/q;;;;;;;;+1;-1.